The summed E-state index contributed by atoms with van der Waals surface area (Å²) in [5, 5.41) is 1.99. The number of carbonyl (C=O) groups is 1. The fourth-order valence-electron chi connectivity index (χ4n) is 3.12. The zero-order valence-corrected chi connectivity index (χ0v) is 16.8. The van der Waals surface area contributed by atoms with E-state index in [-0.39, 0.29) is 17.9 Å². The van der Waals surface area contributed by atoms with Crippen LogP contribution in [-0.2, 0) is 10.2 Å². The molecule has 2 heterocycles. The molecule has 2 aromatic rings. The van der Waals surface area contributed by atoms with Gasteiger partial charge in [-0.25, -0.2) is 4.99 Å². The van der Waals surface area contributed by atoms with E-state index in [1.165, 1.54) is 4.90 Å². The van der Waals surface area contributed by atoms with E-state index in [4.69, 9.17) is 5.73 Å². The summed E-state index contributed by atoms with van der Waals surface area (Å²) in [5.74, 6) is 0.188. The summed E-state index contributed by atoms with van der Waals surface area (Å²) in [6.45, 7) is 7.88. The van der Waals surface area contributed by atoms with Crippen LogP contribution in [0, 0.1) is 0 Å². The lowest BCUT2D eigenvalue weighted by Crippen LogP contribution is -2.55. The van der Waals surface area contributed by atoms with Gasteiger partial charge in [-0.2, -0.15) is 0 Å². The van der Waals surface area contributed by atoms with Crippen molar-refractivity contribution in [2.24, 2.45) is 10.7 Å². The Morgan fingerprint density at radius 3 is 2.56 bits per heavy atom. The fourth-order valence-corrected chi connectivity index (χ4v) is 4.73. The van der Waals surface area contributed by atoms with Crippen molar-refractivity contribution in [1.29, 1.82) is 0 Å². The Bertz CT molecular complexity index is 871. The van der Waals surface area contributed by atoms with Crippen LogP contribution in [-0.4, -0.2) is 23.8 Å². The van der Waals surface area contributed by atoms with Crippen molar-refractivity contribution in [3.63, 3.8) is 0 Å². The smallest absolute Gasteiger partial charge is 0.241 e. The molecular weight excluding hydrogens is 398 g/mol. The van der Waals surface area contributed by atoms with Gasteiger partial charge in [0.2, 0.25) is 5.91 Å². The predicted octanol–water partition coefficient (Wildman–Crippen LogP) is 4.33. The topological polar surface area (TPSA) is 58.7 Å². The number of hydrogen-bond acceptors (Lipinski definition) is 4. The molecule has 0 bridgehead atoms. The number of aliphatic imine (C=N–C) groups is 1. The Morgan fingerprint density at radius 1 is 1.40 bits per heavy atom. The summed E-state index contributed by atoms with van der Waals surface area (Å²) in [6.07, 6.45) is 0. The first kappa shape index (κ1) is 17.9. The number of allylic oxidation sites excluding steroid dienone is 1. The second-order valence-electron chi connectivity index (χ2n) is 6.48. The van der Waals surface area contributed by atoms with Crippen LogP contribution in [0.2, 0.25) is 0 Å². The van der Waals surface area contributed by atoms with Crippen molar-refractivity contribution in [2.45, 2.75) is 25.3 Å². The molecule has 0 aliphatic carbocycles. The Morgan fingerprint density at radius 2 is 2.04 bits per heavy atom. The number of nitrogens with two attached hydrogens (primary N) is 1. The van der Waals surface area contributed by atoms with Gasteiger partial charge in [0.05, 0.1) is 5.41 Å². The van der Waals surface area contributed by atoms with Gasteiger partial charge in [-0.3, -0.25) is 9.69 Å². The second-order valence-corrected chi connectivity index (χ2v) is 8.34. The molecule has 25 heavy (non-hydrogen) atoms. The van der Waals surface area contributed by atoms with Crippen LogP contribution in [0.15, 0.2) is 51.8 Å². The van der Waals surface area contributed by atoms with Crippen LogP contribution in [0.4, 0.5) is 0 Å². The first-order valence-corrected chi connectivity index (χ1v) is 9.54. The zero-order chi connectivity index (χ0) is 18.4. The van der Waals surface area contributed by atoms with E-state index >= 15 is 0 Å². The number of benzene rings is 1. The fraction of sp³-hybridized carbons (Fsp3) is 0.263. The Balaban J connectivity index is 2.16. The third-order valence-corrected chi connectivity index (χ3v) is 6.48. The van der Waals surface area contributed by atoms with Crippen molar-refractivity contribution < 1.29 is 4.79 Å². The standard InChI is InChI=1S/C19H20BrN3OS/c1-11(2)12-5-7-13(8-6-12)19(3)16(15-9-14(20)10-25-15)22-18(21)23(4)17(19)24/h5-10,16H,1H2,2-4H3,(H2,21,22)/t16-,19+/m1/s1. The third kappa shape index (κ3) is 2.93. The van der Waals surface area contributed by atoms with Gasteiger partial charge in [-0.1, -0.05) is 36.4 Å². The van der Waals surface area contributed by atoms with Gasteiger partial charge >= 0.3 is 0 Å². The third-order valence-electron chi connectivity index (χ3n) is 4.74. The Hall–Kier alpha value is -1.92. The van der Waals surface area contributed by atoms with Gasteiger partial charge in [0.1, 0.15) is 6.04 Å². The SMILES string of the molecule is C=C(C)c1ccc([C@]2(C)C(=O)N(C)C(N)=N[C@@H]2c2cc(Br)cs2)cc1. The number of likely N-dealkylation sites (N-methyl/N-ethyl adjacent to an activating group) is 1. The summed E-state index contributed by atoms with van der Waals surface area (Å²) in [7, 11) is 1.67. The minimum atomic E-state index is -0.824. The van der Waals surface area contributed by atoms with E-state index in [2.05, 4.69) is 27.5 Å². The van der Waals surface area contributed by atoms with Gasteiger partial charge in [-0.05, 0) is 47.0 Å². The summed E-state index contributed by atoms with van der Waals surface area (Å²) in [5.41, 5.74) is 8.14. The number of guanidine groups is 1. The number of carbonyl (C=O) groups excluding carboxylic acids is 1. The number of halogens is 1. The second kappa shape index (κ2) is 6.42. The lowest BCUT2D eigenvalue weighted by atomic mass is 9.73. The molecule has 0 saturated carbocycles. The zero-order valence-electron chi connectivity index (χ0n) is 14.4. The quantitative estimate of drug-likeness (QED) is 0.807. The largest absolute Gasteiger partial charge is 0.369 e. The number of rotatable bonds is 3. The van der Waals surface area contributed by atoms with E-state index in [9.17, 15) is 4.79 Å². The van der Waals surface area contributed by atoms with Gasteiger partial charge in [0.15, 0.2) is 5.96 Å². The van der Waals surface area contributed by atoms with Crippen LogP contribution in [0.3, 0.4) is 0 Å². The van der Waals surface area contributed by atoms with E-state index in [1.54, 1.807) is 18.4 Å². The molecule has 1 amide bonds. The molecule has 0 unspecified atom stereocenters. The predicted molar refractivity (Wildman–Crippen MR) is 108 cm³/mol. The first-order valence-electron chi connectivity index (χ1n) is 7.87. The molecule has 0 fully saturated rings. The Labute approximate surface area is 160 Å². The molecular formula is C19H20BrN3OS. The van der Waals surface area contributed by atoms with Gasteiger partial charge in [0.25, 0.3) is 0 Å². The minimum absolute atomic E-state index is 0.0578. The van der Waals surface area contributed by atoms with E-state index in [1.807, 2.05) is 49.6 Å². The van der Waals surface area contributed by atoms with Crippen LogP contribution in [0.25, 0.3) is 5.57 Å². The highest BCUT2D eigenvalue weighted by molar-refractivity contribution is 9.10. The normalized spacial score (nSPS) is 23.5. The average molecular weight is 418 g/mol. The molecule has 6 heteroatoms. The first-order chi connectivity index (χ1) is 11.7. The molecule has 2 N–H and O–H groups in total. The molecule has 1 aliphatic heterocycles. The van der Waals surface area contributed by atoms with Crippen LogP contribution in [0.5, 0.6) is 0 Å². The maximum absolute atomic E-state index is 13.2. The summed E-state index contributed by atoms with van der Waals surface area (Å²) >= 11 is 5.06. The highest BCUT2D eigenvalue weighted by atomic mass is 79.9. The average Bonchev–Trinajstić information content (AvgIpc) is 3.02. The molecule has 2 atom stereocenters. The Kier molecular flexibility index (Phi) is 4.60. The molecule has 1 aliphatic rings. The van der Waals surface area contributed by atoms with E-state index in [0.717, 1.165) is 26.0 Å². The molecule has 4 nitrogen and oxygen atoms in total. The maximum atomic E-state index is 13.2. The monoisotopic (exact) mass is 417 g/mol. The number of hydrogen-bond donors (Lipinski definition) is 1. The van der Waals surface area contributed by atoms with Crippen LogP contribution >= 0.6 is 27.3 Å². The minimum Gasteiger partial charge on any atom is -0.369 e. The van der Waals surface area contributed by atoms with Crippen LogP contribution in [0.1, 0.15) is 35.9 Å². The molecule has 1 aromatic heterocycles. The lowest BCUT2D eigenvalue weighted by Gasteiger charge is -2.41. The van der Waals surface area contributed by atoms with Gasteiger partial charge in [0, 0.05) is 21.8 Å². The number of thiophene rings is 1. The highest BCUT2D eigenvalue weighted by Crippen LogP contribution is 2.46. The molecule has 3 rings (SSSR count). The molecule has 130 valence electrons. The van der Waals surface area contributed by atoms with E-state index < -0.39 is 5.41 Å². The van der Waals surface area contributed by atoms with Crippen molar-refractivity contribution in [2.75, 3.05) is 7.05 Å². The summed E-state index contributed by atoms with van der Waals surface area (Å²) in [6, 6.07) is 9.62. The summed E-state index contributed by atoms with van der Waals surface area (Å²) in [4.78, 5) is 20.3. The number of nitrogens with zero attached hydrogens (tertiary/aromatic N) is 2. The van der Waals surface area contributed by atoms with Gasteiger partial charge in [-0.15, -0.1) is 11.3 Å². The van der Waals surface area contributed by atoms with Crippen molar-refractivity contribution in [3.8, 4) is 0 Å². The molecule has 1 aromatic carbocycles. The number of amides is 1. The molecule has 0 radical (unpaired) electrons. The molecule has 0 saturated heterocycles. The van der Waals surface area contributed by atoms with Crippen molar-refractivity contribution in [3.05, 3.63) is 62.8 Å². The highest BCUT2D eigenvalue weighted by Gasteiger charge is 2.49. The maximum Gasteiger partial charge on any atom is 0.241 e. The molecule has 0 spiro atoms. The van der Waals surface area contributed by atoms with Gasteiger partial charge < -0.3 is 5.73 Å². The van der Waals surface area contributed by atoms with Crippen LogP contribution < -0.4 is 5.73 Å². The lowest BCUT2D eigenvalue weighted by molar-refractivity contribution is -0.133. The summed E-state index contributed by atoms with van der Waals surface area (Å²) < 4.78 is 0.979. The van der Waals surface area contributed by atoms with Crippen molar-refractivity contribution >= 4 is 44.7 Å². The van der Waals surface area contributed by atoms with E-state index in [0.29, 0.717) is 0 Å². The van der Waals surface area contributed by atoms with Crippen molar-refractivity contribution in [1.82, 2.24) is 4.90 Å².